The van der Waals surface area contributed by atoms with Crippen LogP contribution in [0.15, 0.2) is 59.4 Å². The molecule has 0 unspecified atom stereocenters. The third-order valence-corrected chi connectivity index (χ3v) is 4.64. The summed E-state index contributed by atoms with van der Waals surface area (Å²) in [6.45, 7) is 1.97. The molecule has 6 heteroatoms. The Bertz CT molecular complexity index is 1130. The van der Waals surface area contributed by atoms with E-state index in [1.807, 2.05) is 67.6 Å². The number of hydrogen-bond donors (Lipinski definition) is 0. The molecule has 0 spiro atoms. The van der Waals surface area contributed by atoms with Gasteiger partial charge in [-0.3, -0.25) is 4.79 Å². The summed E-state index contributed by atoms with van der Waals surface area (Å²) >= 11 is 1.35. The Morgan fingerprint density at radius 3 is 2.68 bits per heavy atom. The van der Waals surface area contributed by atoms with E-state index in [0.29, 0.717) is 21.7 Å². The number of rotatable bonds is 4. The number of benzene rings is 2. The van der Waals surface area contributed by atoms with Gasteiger partial charge in [0.15, 0.2) is 5.82 Å². The zero-order valence-corrected chi connectivity index (χ0v) is 14.4. The van der Waals surface area contributed by atoms with E-state index in [0.717, 1.165) is 17.1 Å². The quantitative estimate of drug-likeness (QED) is 0.568. The van der Waals surface area contributed by atoms with E-state index in [1.54, 1.807) is 0 Å². The van der Waals surface area contributed by atoms with Crippen LogP contribution in [0.3, 0.4) is 0 Å². The largest absolute Gasteiger partial charge is 0.457 e. The number of para-hydroxylation sites is 1. The van der Waals surface area contributed by atoms with Gasteiger partial charge in [0.25, 0.3) is 5.56 Å². The molecule has 0 saturated heterocycles. The van der Waals surface area contributed by atoms with E-state index >= 15 is 0 Å². The van der Waals surface area contributed by atoms with Gasteiger partial charge in [-0.15, -0.1) is 5.10 Å². The molecule has 0 radical (unpaired) electrons. The van der Waals surface area contributed by atoms with Gasteiger partial charge in [0.1, 0.15) is 11.5 Å². The zero-order valence-electron chi connectivity index (χ0n) is 13.5. The second-order valence-corrected chi connectivity index (χ2v) is 6.49. The van der Waals surface area contributed by atoms with Crippen molar-refractivity contribution in [2.45, 2.75) is 13.3 Å². The smallest absolute Gasteiger partial charge is 0.291 e. The summed E-state index contributed by atoms with van der Waals surface area (Å²) in [6.07, 6.45) is 2.55. The minimum atomic E-state index is -0.137. The van der Waals surface area contributed by atoms with Gasteiger partial charge in [-0.1, -0.05) is 48.6 Å². The van der Waals surface area contributed by atoms with Gasteiger partial charge in [-0.25, -0.2) is 4.98 Å². The Balaban J connectivity index is 1.69. The monoisotopic (exact) mass is 349 g/mol. The van der Waals surface area contributed by atoms with Crippen molar-refractivity contribution in [3.05, 3.63) is 80.9 Å². The molecule has 0 saturated carbocycles. The highest BCUT2D eigenvalue weighted by atomic mass is 32.1. The van der Waals surface area contributed by atoms with Crippen molar-refractivity contribution in [1.82, 2.24) is 14.6 Å². The van der Waals surface area contributed by atoms with E-state index in [2.05, 4.69) is 10.1 Å². The number of nitrogens with zero attached hydrogens (tertiary/aromatic N) is 3. The minimum absolute atomic E-state index is 0.137. The van der Waals surface area contributed by atoms with Crippen LogP contribution < -0.4 is 14.8 Å². The molecule has 0 bridgehead atoms. The van der Waals surface area contributed by atoms with Gasteiger partial charge in [-0.2, -0.15) is 4.52 Å². The molecule has 25 heavy (non-hydrogen) atoms. The average molecular weight is 349 g/mol. The first-order valence-corrected chi connectivity index (χ1v) is 8.78. The maximum Gasteiger partial charge on any atom is 0.291 e. The lowest BCUT2D eigenvalue weighted by Gasteiger charge is -2.05. The first-order valence-electron chi connectivity index (χ1n) is 7.96. The molecule has 4 aromatic rings. The molecule has 124 valence electrons. The fraction of sp³-hybridized carbons (Fsp3) is 0.105. The van der Waals surface area contributed by atoms with Crippen LogP contribution in [0.4, 0.5) is 0 Å². The van der Waals surface area contributed by atoms with E-state index in [9.17, 15) is 4.79 Å². The fourth-order valence-electron chi connectivity index (χ4n) is 2.47. The van der Waals surface area contributed by atoms with Crippen LogP contribution in [-0.2, 0) is 6.42 Å². The predicted octanol–water partition coefficient (Wildman–Crippen LogP) is 3.05. The maximum atomic E-state index is 12.4. The molecule has 2 heterocycles. The van der Waals surface area contributed by atoms with Gasteiger partial charge in [0.2, 0.25) is 4.96 Å². The number of fused-ring (bicyclic) bond motifs is 1. The lowest BCUT2D eigenvalue weighted by atomic mass is 10.2. The Morgan fingerprint density at radius 1 is 1.12 bits per heavy atom. The van der Waals surface area contributed by atoms with Gasteiger partial charge < -0.3 is 4.74 Å². The SMILES string of the molecule is CCc1nc2s/c(=C\c3cccc(Oc4ccccc4)c3)c(=O)n2n1. The number of hydrogen-bond acceptors (Lipinski definition) is 5. The number of aromatic nitrogens is 3. The molecule has 0 atom stereocenters. The van der Waals surface area contributed by atoms with Crippen LogP contribution in [0.5, 0.6) is 11.5 Å². The molecule has 0 amide bonds. The number of aryl methyl sites for hydroxylation is 1. The fourth-order valence-corrected chi connectivity index (χ4v) is 3.39. The van der Waals surface area contributed by atoms with Crippen LogP contribution in [0.1, 0.15) is 18.3 Å². The Hall–Kier alpha value is -2.99. The highest BCUT2D eigenvalue weighted by molar-refractivity contribution is 7.15. The van der Waals surface area contributed by atoms with Gasteiger partial charge in [0.05, 0.1) is 4.53 Å². The first kappa shape index (κ1) is 15.5. The lowest BCUT2D eigenvalue weighted by molar-refractivity contribution is 0.482. The van der Waals surface area contributed by atoms with Crippen LogP contribution >= 0.6 is 11.3 Å². The topological polar surface area (TPSA) is 56.5 Å². The van der Waals surface area contributed by atoms with Crippen LogP contribution in [-0.4, -0.2) is 14.6 Å². The lowest BCUT2D eigenvalue weighted by Crippen LogP contribution is -2.23. The number of ether oxygens (including phenoxy) is 1. The summed E-state index contributed by atoms with van der Waals surface area (Å²) < 4.78 is 7.82. The second kappa shape index (κ2) is 6.49. The summed E-state index contributed by atoms with van der Waals surface area (Å²) in [6, 6.07) is 17.2. The summed E-state index contributed by atoms with van der Waals surface area (Å²) in [5.74, 6) is 2.18. The van der Waals surface area contributed by atoms with Crippen molar-refractivity contribution in [2.24, 2.45) is 0 Å². The second-order valence-electron chi connectivity index (χ2n) is 5.48. The molecule has 2 aromatic carbocycles. The Labute approximate surface area is 147 Å². The molecule has 2 aromatic heterocycles. The van der Waals surface area contributed by atoms with Crippen LogP contribution in [0, 0.1) is 0 Å². The molecular weight excluding hydrogens is 334 g/mol. The van der Waals surface area contributed by atoms with Crippen molar-refractivity contribution in [3.8, 4) is 11.5 Å². The third kappa shape index (κ3) is 3.16. The van der Waals surface area contributed by atoms with Crippen LogP contribution in [0.2, 0.25) is 0 Å². The average Bonchev–Trinajstić information content (AvgIpc) is 3.16. The summed E-state index contributed by atoms with van der Waals surface area (Å²) in [7, 11) is 0. The molecule has 0 aliphatic rings. The van der Waals surface area contributed by atoms with Gasteiger partial charge in [-0.05, 0) is 35.9 Å². The van der Waals surface area contributed by atoms with E-state index in [4.69, 9.17) is 4.74 Å². The van der Waals surface area contributed by atoms with E-state index < -0.39 is 0 Å². The molecule has 0 N–H and O–H groups in total. The van der Waals surface area contributed by atoms with Gasteiger partial charge in [0, 0.05) is 6.42 Å². The van der Waals surface area contributed by atoms with Crippen molar-refractivity contribution in [3.63, 3.8) is 0 Å². The van der Waals surface area contributed by atoms with Crippen molar-refractivity contribution in [1.29, 1.82) is 0 Å². The summed E-state index contributed by atoms with van der Waals surface area (Å²) in [5, 5.41) is 4.23. The molecule has 4 rings (SSSR count). The Morgan fingerprint density at radius 2 is 1.92 bits per heavy atom. The van der Waals surface area contributed by atoms with Gasteiger partial charge >= 0.3 is 0 Å². The van der Waals surface area contributed by atoms with Crippen LogP contribution in [0.25, 0.3) is 11.0 Å². The first-order chi connectivity index (χ1) is 12.2. The molecule has 0 aliphatic carbocycles. The highest BCUT2D eigenvalue weighted by Gasteiger charge is 2.09. The standard InChI is InChI=1S/C19H15N3O2S/c1-2-17-20-19-22(21-17)18(23)16(25-19)12-13-7-6-10-15(11-13)24-14-8-4-3-5-9-14/h3-12H,2H2,1H3/b16-12-. The van der Waals surface area contributed by atoms with E-state index in [-0.39, 0.29) is 5.56 Å². The minimum Gasteiger partial charge on any atom is -0.457 e. The van der Waals surface area contributed by atoms with Crippen molar-refractivity contribution in [2.75, 3.05) is 0 Å². The molecule has 0 aliphatic heterocycles. The maximum absolute atomic E-state index is 12.4. The summed E-state index contributed by atoms with van der Waals surface area (Å²) in [5.41, 5.74) is 0.757. The molecule has 0 fully saturated rings. The highest BCUT2D eigenvalue weighted by Crippen LogP contribution is 2.22. The number of thiazole rings is 1. The normalized spacial score (nSPS) is 12.0. The molecular formula is C19H15N3O2S. The Kier molecular flexibility index (Phi) is 4.03. The predicted molar refractivity (Wildman–Crippen MR) is 98.3 cm³/mol. The molecule has 5 nitrogen and oxygen atoms in total. The summed E-state index contributed by atoms with van der Waals surface area (Å²) in [4.78, 5) is 17.4. The van der Waals surface area contributed by atoms with E-state index in [1.165, 1.54) is 15.9 Å². The van der Waals surface area contributed by atoms with Crippen molar-refractivity contribution < 1.29 is 4.74 Å². The zero-order chi connectivity index (χ0) is 17.2. The van der Waals surface area contributed by atoms with Crippen molar-refractivity contribution >= 4 is 22.4 Å². The third-order valence-electron chi connectivity index (χ3n) is 3.68.